The van der Waals surface area contributed by atoms with Crippen LogP contribution in [-0.4, -0.2) is 33.9 Å². The van der Waals surface area contributed by atoms with Crippen LogP contribution in [0.1, 0.15) is 39.0 Å². The van der Waals surface area contributed by atoms with Crippen molar-refractivity contribution in [2.45, 2.75) is 49.5 Å². The third kappa shape index (κ3) is 3.98. The molecule has 0 aliphatic heterocycles. The number of carboxylic acid groups (broad SMARTS) is 1. The van der Waals surface area contributed by atoms with Crippen LogP contribution in [0.15, 0.2) is 29.4 Å². The largest absolute Gasteiger partial charge is 0.480 e. The van der Waals surface area contributed by atoms with Crippen molar-refractivity contribution >= 4 is 17.7 Å². The van der Waals surface area contributed by atoms with Crippen molar-refractivity contribution in [3.63, 3.8) is 0 Å². The van der Waals surface area contributed by atoms with E-state index in [2.05, 4.69) is 17.2 Å². The van der Waals surface area contributed by atoms with Gasteiger partial charge in [0.25, 0.3) is 0 Å². The quantitative estimate of drug-likeness (QED) is 0.722. The van der Waals surface area contributed by atoms with Crippen molar-refractivity contribution in [2.24, 2.45) is 5.92 Å². The number of thioether (sulfide) groups is 1. The Balaban J connectivity index is 1.92. The summed E-state index contributed by atoms with van der Waals surface area (Å²) < 4.78 is 0. The Morgan fingerprint density at radius 2 is 2.29 bits per heavy atom. The van der Waals surface area contributed by atoms with Gasteiger partial charge in [0.1, 0.15) is 5.54 Å². The summed E-state index contributed by atoms with van der Waals surface area (Å²) in [6.07, 6.45) is 8.27. The lowest BCUT2D eigenvalue weighted by Gasteiger charge is -2.32. The van der Waals surface area contributed by atoms with E-state index < -0.39 is 11.5 Å². The molecule has 1 aromatic rings. The summed E-state index contributed by atoms with van der Waals surface area (Å²) in [5.74, 6) is 0.514. The molecule has 1 aliphatic rings. The van der Waals surface area contributed by atoms with E-state index in [1.165, 1.54) is 4.90 Å². The molecule has 1 aromatic heterocycles. The van der Waals surface area contributed by atoms with Gasteiger partial charge in [-0.05, 0) is 56.0 Å². The predicted octanol–water partition coefficient (Wildman–Crippen LogP) is 3.19. The molecule has 1 fully saturated rings. The molecule has 2 rings (SSSR count). The molecule has 0 aromatic carbocycles. The van der Waals surface area contributed by atoms with Gasteiger partial charge in [0.05, 0.1) is 0 Å². The lowest BCUT2D eigenvalue weighted by Crippen LogP contribution is -2.55. The van der Waals surface area contributed by atoms with Gasteiger partial charge in [-0.1, -0.05) is 13.3 Å². The molecular weight excluding hydrogens is 284 g/mol. The van der Waals surface area contributed by atoms with E-state index >= 15 is 0 Å². The Morgan fingerprint density at radius 3 is 2.95 bits per heavy atom. The molecule has 0 amide bonds. The SMILES string of the molecule is CCCNC1(C(=O)O)CCCC1CCSc1ccncc1. The van der Waals surface area contributed by atoms with Crippen molar-refractivity contribution < 1.29 is 9.90 Å². The maximum Gasteiger partial charge on any atom is 0.324 e. The summed E-state index contributed by atoms with van der Waals surface area (Å²) in [4.78, 5) is 17.0. The molecule has 0 spiro atoms. The molecule has 1 saturated carbocycles. The molecule has 4 nitrogen and oxygen atoms in total. The number of nitrogens with zero attached hydrogens (tertiary/aromatic N) is 1. The van der Waals surface area contributed by atoms with Gasteiger partial charge in [0.15, 0.2) is 0 Å². The first-order valence-electron chi connectivity index (χ1n) is 7.70. The van der Waals surface area contributed by atoms with Crippen LogP contribution in [0.2, 0.25) is 0 Å². The lowest BCUT2D eigenvalue weighted by atomic mass is 9.85. The van der Waals surface area contributed by atoms with Crippen LogP contribution in [0, 0.1) is 5.92 Å². The monoisotopic (exact) mass is 308 g/mol. The molecule has 21 heavy (non-hydrogen) atoms. The van der Waals surface area contributed by atoms with E-state index in [9.17, 15) is 9.90 Å². The summed E-state index contributed by atoms with van der Waals surface area (Å²) in [5, 5.41) is 13.0. The molecule has 1 aliphatic carbocycles. The Labute approximate surface area is 130 Å². The zero-order chi connectivity index (χ0) is 15.1. The molecule has 5 heteroatoms. The summed E-state index contributed by atoms with van der Waals surface area (Å²) in [6.45, 7) is 2.85. The number of carbonyl (C=O) groups is 1. The minimum Gasteiger partial charge on any atom is -0.480 e. The topological polar surface area (TPSA) is 62.2 Å². The van der Waals surface area contributed by atoms with Gasteiger partial charge in [0.2, 0.25) is 0 Å². The zero-order valence-corrected chi connectivity index (χ0v) is 13.4. The third-order valence-electron chi connectivity index (χ3n) is 4.28. The highest BCUT2D eigenvalue weighted by atomic mass is 32.2. The summed E-state index contributed by atoms with van der Waals surface area (Å²) >= 11 is 1.78. The smallest absolute Gasteiger partial charge is 0.324 e. The molecule has 2 unspecified atom stereocenters. The third-order valence-corrected chi connectivity index (χ3v) is 5.32. The highest BCUT2D eigenvalue weighted by Gasteiger charge is 2.48. The Bertz CT molecular complexity index is 455. The number of aliphatic carboxylic acids is 1. The van der Waals surface area contributed by atoms with Crippen molar-refractivity contribution in [3.05, 3.63) is 24.5 Å². The molecule has 0 bridgehead atoms. The first kappa shape index (κ1) is 16.3. The summed E-state index contributed by atoms with van der Waals surface area (Å²) in [5.41, 5.74) is -0.700. The number of pyridine rings is 1. The first-order valence-corrected chi connectivity index (χ1v) is 8.69. The number of nitrogens with one attached hydrogen (secondary N) is 1. The number of rotatable bonds is 8. The minimum absolute atomic E-state index is 0.232. The first-order chi connectivity index (χ1) is 10.2. The van der Waals surface area contributed by atoms with Gasteiger partial charge < -0.3 is 10.4 Å². The average Bonchev–Trinajstić information content (AvgIpc) is 2.90. The fourth-order valence-corrected chi connectivity index (χ4v) is 4.11. The van der Waals surface area contributed by atoms with Crippen molar-refractivity contribution in [2.75, 3.05) is 12.3 Å². The van der Waals surface area contributed by atoms with Gasteiger partial charge in [0, 0.05) is 17.3 Å². The van der Waals surface area contributed by atoms with Crippen LogP contribution in [0.4, 0.5) is 0 Å². The highest BCUT2D eigenvalue weighted by molar-refractivity contribution is 7.99. The molecule has 1 heterocycles. The van der Waals surface area contributed by atoms with Gasteiger partial charge in [-0.15, -0.1) is 11.8 Å². The van der Waals surface area contributed by atoms with E-state index in [1.807, 2.05) is 12.1 Å². The molecular formula is C16H24N2O2S. The van der Waals surface area contributed by atoms with Crippen molar-refractivity contribution in [3.8, 4) is 0 Å². The normalized spacial score (nSPS) is 25.1. The summed E-state index contributed by atoms with van der Waals surface area (Å²) in [7, 11) is 0. The predicted molar refractivity (Wildman–Crippen MR) is 85.6 cm³/mol. The highest BCUT2D eigenvalue weighted by Crippen LogP contribution is 2.39. The summed E-state index contributed by atoms with van der Waals surface area (Å²) in [6, 6.07) is 4.00. The number of hydrogen-bond donors (Lipinski definition) is 2. The van der Waals surface area contributed by atoms with Crippen molar-refractivity contribution in [1.82, 2.24) is 10.3 Å². The van der Waals surface area contributed by atoms with Gasteiger partial charge in [-0.3, -0.25) is 9.78 Å². The van der Waals surface area contributed by atoms with Crippen LogP contribution in [0.5, 0.6) is 0 Å². The van der Waals surface area contributed by atoms with Crippen LogP contribution in [-0.2, 0) is 4.79 Å². The Kier molecular flexibility index (Phi) is 6.06. The van der Waals surface area contributed by atoms with E-state index in [-0.39, 0.29) is 5.92 Å². The van der Waals surface area contributed by atoms with Gasteiger partial charge >= 0.3 is 5.97 Å². The van der Waals surface area contributed by atoms with Gasteiger partial charge in [-0.2, -0.15) is 0 Å². The maximum atomic E-state index is 11.8. The fraction of sp³-hybridized carbons (Fsp3) is 0.625. The number of carboxylic acids is 1. The molecule has 2 atom stereocenters. The van der Waals surface area contributed by atoms with Crippen LogP contribution in [0.25, 0.3) is 0 Å². The van der Waals surface area contributed by atoms with Crippen LogP contribution < -0.4 is 5.32 Å². The van der Waals surface area contributed by atoms with E-state index in [0.29, 0.717) is 0 Å². The number of aromatic nitrogens is 1. The zero-order valence-electron chi connectivity index (χ0n) is 12.5. The Morgan fingerprint density at radius 1 is 1.52 bits per heavy atom. The standard InChI is InChI=1S/C16H24N2O2S/c1-2-9-18-16(15(19)20)8-3-4-13(16)7-12-21-14-5-10-17-11-6-14/h5-6,10-11,13,18H,2-4,7-9,12H2,1H3,(H,19,20). The van der Waals surface area contributed by atoms with Gasteiger partial charge in [-0.25, -0.2) is 0 Å². The van der Waals surface area contributed by atoms with Crippen LogP contribution >= 0.6 is 11.8 Å². The average molecular weight is 308 g/mol. The molecule has 0 radical (unpaired) electrons. The molecule has 0 saturated heterocycles. The second kappa shape index (κ2) is 7.80. The second-order valence-electron chi connectivity index (χ2n) is 5.61. The van der Waals surface area contributed by atoms with Crippen molar-refractivity contribution in [1.29, 1.82) is 0 Å². The van der Waals surface area contributed by atoms with Crippen LogP contribution in [0.3, 0.4) is 0 Å². The lowest BCUT2D eigenvalue weighted by molar-refractivity contribution is -0.146. The van der Waals surface area contributed by atoms with E-state index in [4.69, 9.17) is 0 Å². The fourth-order valence-electron chi connectivity index (χ4n) is 3.16. The maximum absolute atomic E-state index is 11.8. The molecule has 2 N–H and O–H groups in total. The van der Waals surface area contributed by atoms with E-state index in [0.717, 1.165) is 44.4 Å². The number of hydrogen-bond acceptors (Lipinski definition) is 4. The Hall–Kier alpha value is -1.07. The molecule has 116 valence electrons. The second-order valence-corrected chi connectivity index (χ2v) is 6.78. The minimum atomic E-state index is -0.700. The van der Waals surface area contributed by atoms with E-state index in [1.54, 1.807) is 24.2 Å².